The van der Waals surface area contributed by atoms with E-state index < -0.39 is 23.7 Å². The quantitative estimate of drug-likeness (QED) is 0.266. The molecule has 1 aliphatic rings. The standard InChI is InChI=1S/C22H13N3O5S2/c26-18(11-5-7-23-8-6-11)16-17(14-2-1-9-31-14)25(20(28)19(16)27)22-24-13-4-3-12(21(29)30)10-15(13)32-22/h1-10,17,26H,(H,29,30)/b18-16+. The number of aliphatic hydroxyl groups is 1. The van der Waals surface area contributed by atoms with E-state index >= 15 is 0 Å². The van der Waals surface area contributed by atoms with Gasteiger partial charge in [-0.2, -0.15) is 0 Å². The van der Waals surface area contributed by atoms with Crippen molar-refractivity contribution in [2.75, 3.05) is 4.90 Å². The number of carbonyl (C=O) groups is 3. The number of aromatic nitrogens is 2. The molecule has 0 spiro atoms. The number of pyridine rings is 1. The van der Waals surface area contributed by atoms with Gasteiger partial charge < -0.3 is 10.2 Å². The van der Waals surface area contributed by atoms with E-state index in [0.717, 1.165) is 11.3 Å². The monoisotopic (exact) mass is 463 g/mol. The highest BCUT2D eigenvalue weighted by Gasteiger charge is 2.48. The number of aliphatic hydroxyl groups excluding tert-OH is 1. The highest BCUT2D eigenvalue weighted by atomic mass is 32.1. The van der Waals surface area contributed by atoms with Crippen LogP contribution in [0.4, 0.5) is 5.13 Å². The summed E-state index contributed by atoms with van der Waals surface area (Å²) < 4.78 is 0.570. The van der Waals surface area contributed by atoms with Crippen molar-refractivity contribution in [3.8, 4) is 0 Å². The van der Waals surface area contributed by atoms with Gasteiger partial charge in [0.25, 0.3) is 5.78 Å². The molecule has 1 saturated heterocycles. The van der Waals surface area contributed by atoms with Crippen LogP contribution in [0.2, 0.25) is 0 Å². The van der Waals surface area contributed by atoms with E-state index in [1.807, 2.05) is 5.38 Å². The van der Waals surface area contributed by atoms with Crippen LogP contribution in [0.1, 0.15) is 26.8 Å². The molecule has 8 nitrogen and oxygen atoms in total. The maximum Gasteiger partial charge on any atom is 0.335 e. The zero-order chi connectivity index (χ0) is 22.4. The highest BCUT2D eigenvalue weighted by molar-refractivity contribution is 7.22. The molecule has 158 valence electrons. The average Bonchev–Trinajstić information content (AvgIpc) is 3.52. The van der Waals surface area contributed by atoms with Crippen molar-refractivity contribution in [3.63, 3.8) is 0 Å². The topological polar surface area (TPSA) is 121 Å². The van der Waals surface area contributed by atoms with Crippen molar-refractivity contribution in [1.82, 2.24) is 9.97 Å². The minimum Gasteiger partial charge on any atom is -0.507 e. The van der Waals surface area contributed by atoms with Gasteiger partial charge in [-0.05, 0) is 41.8 Å². The van der Waals surface area contributed by atoms with Crippen LogP contribution in [-0.4, -0.2) is 37.8 Å². The Morgan fingerprint density at radius 2 is 1.81 bits per heavy atom. The summed E-state index contributed by atoms with van der Waals surface area (Å²) in [5.74, 6) is -2.99. The number of ketones is 1. The van der Waals surface area contributed by atoms with Gasteiger partial charge in [0.2, 0.25) is 0 Å². The van der Waals surface area contributed by atoms with E-state index in [1.165, 1.54) is 40.8 Å². The highest BCUT2D eigenvalue weighted by Crippen LogP contribution is 2.45. The maximum absolute atomic E-state index is 13.1. The van der Waals surface area contributed by atoms with Crippen LogP contribution in [0.15, 0.2) is 65.8 Å². The lowest BCUT2D eigenvalue weighted by Gasteiger charge is -2.21. The van der Waals surface area contributed by atoms with Crippen LogP contribution in [0.3, 0.4) is 0 Å². The Balaban J connectivity index is 1.70. The van der Waals surface area contributed by atoms with E-state index in [4.69, 9.17) is 0 Å². The number of hydrogen-bond donors (Lipinski definition) is 2. The molecular formula is C22H13N3O5S2. The molecule has 1 atom stereocenters. The molecule has 0 saturated carbocycles. The van der Waals surface area contributed by atoms with Gasteiger partial charge in [0.15, 0.2) is 5.13 Å². The fourth-order valence-corrected chi connectivity index (χ4v) is 5.41. The Bertz CT molecular complexity index is 1410. The molecule has 0 radical (unpaired) electrons. The van der Waals surface area contributed by atoms with Crippen molar-refractivity contribution in [2.24, 2.45) is 0 Å². The molecule has 3 aromatic heterocycles. The van der Waals surface area contributed by atoms with E-state index in [1.54, 1.807) is 30.3 Å². The lowest BCUT2D eigenvalue weighted by molar-refractivity contribution is -0.132. The Morgan fingerprint density at radius 3 is 2.50 bits per heavy atom. The number of aromatic carboxylic acids is 1. The molecule has 4 heterocycles. The van der Waals surface area contributed by atoms with Crippen molar-refractivity contribution in [1.29, 1.82) is 0 Å². The van der Waals surface area contributed by atoms with Gasteiger partial charge in [0.05, 0.1) is 21.4 Å². The number of thiazole rings is 1. The molecule has 10 heteroatoms. The predicted molar refractivity (Wildman–Crippen MR) is 120 cm³/mol. The third-order valence-corrected chi connectivity index (χ3v) is 6.98. The van der Waals surface area contributed by atoms with Crippen LogP contribution in [0.5, 0.6) is 0 Å². The number of Topliss-reactive ketones (excluding diaryl/α,β-unsaturated/α-hetero) is 1. The number of nitrogens with zero attached hydrogens (tertiary/aromatic N) is 3. The number of benzene rings is 1. The number of fused-ring (bicyclic) bond motifs is 1. The zero-order valence-electron chi connectivity index (χ0n) is 16.1. The van der Waals surface area contributed by atoms with Gasteiger partial charge in [0.1, 0.15) is 11.8 Å². The van der Waals surface area contributed by atoms with Gasteiger partial charge in [-0.3, -0.25) is 19.5 Å². The summed E-state index contributed by atoms with van der Waals surface area (Å²) in [6.07, 6.45) is 2.97. The largest absolute Gasteiger partial charge is 0.507 e. The summed E-state index contributed by atoms with van der Waals surface area (Å²) in [6.45, 7) is 0. The van der Waals surface area contributed by atoms with Crippen LogP contribution in [0.25, 0.3) is 16.0 Å². The molecule has 1 aromatic carbocycles. The Morgan fingerprint density at radius 1 is 1.03 bits per heavy atom. The van der Waals surface area contributed by atoms with E-state index in [0.29, 0.717) is 20.7 Å². The van der Waals surface area contributed by atoms with Crippen molar-refractivity contribution >= 4 is 61.4 Å². The van der Waals surface area contributed by atoms with Gasteiger partial charge in [0, 0.05) is 22.8 Å². The van der Waals surface area contributed by atoms with Crippen LogP contribution < -0.4 is 4.90 Å². The molecular weight excluding hydrogens is 450 g/mol. The van der Waals surface area contributed by atoms with Crippen LogP contribution in [0, 0.1) is 0 Å². The smallest absolute Gasteiger partial charge is 0.335 e. The summed E-state index contributed by atoms with van der Waals surface area (Å²) in [7, 11) is 0. The summed E-state index contributed by atoms with van der Waals surface area (Å²) in [4.78, 5) is 47.8. The predicted octanol–water partition coefficient (Wildman–Crippen LogP) is 4.08. The van der Waals surface area contributed by atoms with Crippen LogP contribution >= 0.6 is 22.7 Å². The van der Waals surface area contributed by atoms with E-state index in [2.05, 4.69) is 9.97 Å². The molecule has 2 N–H and O–H groups in total. The molecule has 1 amide bonds. The summed E-state index contributed by atoms with van der Waals surface area (Å²) in [5.41, 5.74) is 0.947. The van der Waals surface area contributed by atoms with E-state index in [9.17, 15) is 24.6 Å². The first-order valence-corrected chi connectivity index (χ1v) is 11.0. The normalized spacial score (nSPS) is 17.9. The fourth-order valence-electron chi connectivity index (χ4n) is 3.56. The second kappa shape index (κ2) is 7.66. The van der Waals surface area contributed by atoms with Gasteiger partial charge in [-0.25, -0.2) is 9.78 Å². The number of carboxylic acids is 1. The number of carbonyl (C=O) groups excluding carboxylic acids is 2. The molecule has 4 aromatic rings. The third-order valence-electron chi connectivity index (χ3n) is 5.04. The fraction of sp³-hybridized carbons (Fsp3) is 0.0455. The van der Waals surface area contributed by atoms with Crippen LogP contribution in [-0.2, 0) is 9.59 Å². The van der Waals surface area contributed by atoms with Gasteiger partial charge in [-0.1, -0.05) is 17.4 Å². The van der Waals surface area contributed by atoms with Gasteiger partial charge >= 0.3 is 11.9 Å². The molecule has 5 rings (SSSR count). The number of rotatable bonds is 4. The Kier molecular flexibility index (Phi) is 4.80. The number of carboxylic acid groups (broad SMARTS) is 1. The van der Waals surface area contributed by atoms with Gasteiger partial charge in [-0.15, -0.1) is 11.3 Å². The lowest BCUT2D eigenvalue weighted by Crippen LogP contribution is -2.28. The third kappa shape index (κ3) is 3.17. The number of thiophene rings is 1. The first kappa shape index (κ1) is 20.0. The number of amides is 1. The Labute approximate surface area is 188 Å². The summed E-state index contributed by atoms with van der Waals surface area (Å²) in [5, 5.41) is 22.3. The molecule has 1 aliphatic heterocycles. The Hall–Kier alpha value is -3.89. The van der Waals surface area contributed by atoms with Crippen molar-refractivity contribution < 1.29 is 24.6 Å². The number of anilines is 1. The minimum absolute atomic E-state index is 0.0332. The lowest BCUT2D eigenvalue weighted by atomic mass is 10.0. The SMILES string of the molecule is O=C1C(=O)N(c2nc3ccc(C(=O)O)cc3s2)C(c2cccs2)/C1=C(\O)c1ccncc1. The average molecular weight is 463 g/mol. The molecule has 1 fully saturated rings. The summed E-state index contributed by atoms with van der Waals surface area (Å²) in [6, 6.07) is 10.3. The first-order valence-electron chi connectivity index (χ1n) is 9.34. The molecule has 0 bridgehead atoms. The minimum atomic E-state index is -1.07. The van der Waals surface area contributed by atoms with Crippen molar-refractivity contribution in [2.45, 2.75) is 6.04 Å². The van der Waals surface area contributed by atoms with Crippen molar-refractivity contribution in [3.05, 3.63) is 81.8 Å². The molecule has 32 heavy (non-hydrogen) atoms. The zero-order valence-corrected chi connectivity index (χ0v) is 17.8. The second-order valence-corrected chi connectivity index (χ2v) is 8.89. The van der Waals surface area contributed by atoms with E-state index in [-0.39, 0.29) is 22.0 Å². The number of hydrogen-bond acceptors (Lipinski definition) is 8. The molecule has 1 unspecified atom stereocenters. The summed E-state index contributed by atoms with van der Waals surface area (Å²) >= 11 is 2.46. The molecule has 0 aliphatic carbocycles. The maximum atomic E-state index is 13.1. The first-order chi connectivity index (χ1) is 15.5. The second-order valence-electron chi connectivity index (χ2n) is 6.90.